The summed E-state index contributed by atoms with van der Waals surface area (Å²) in [5, 5.41) is 3.38. The fraction of sp³-hybridized carbons (Fsp3) is 0.286. The van der Waals surface area contributed by atoms with Crippen molar-refractivity contribution in [3.8, 4) is 0 Å². The third-order valence-corrected chi connectivity index (χ3v) is 3.82. The smallest absolute Gasteiger partial charge is 0.243 e. The number of rotatable bonds is 5. The standard InChI is InChI=1S/C14H17N3OS/c1-2-11-9-16-14(19-11)17-13(18)12(15)8-10-6-4-3-5-7-10/h3-7,9,12H,2,8,15H2,1H3,(H,16,17,18)/t12-/m0/s1. The van der Waals surface area contributed by atoms with Crippen LogP contribution in [-0.4, -0.2) is 16.9 Å². The quantitative estimate of drug-likeness (QED) is 0.879. The summed E-state index contributed by atoms with van der Waals surface area (Å²) in [5.74, 6) is -0.194. The molecule has 0 unspecified atom stereocenters. The number of carbonyl (C=O) groups is 1. The second kappa shape index (κ2) is 6.45. The molecule has 2 rings (SSSR count). The Morgan fingerprint density at radius 2 is 2.16 bits per heavy atom. The first kappa shape index (κ1) is 13.7. The van der Waals surface area contributed by atoms with E-state index >= 15 is 0 Å². The van der Waals surface area contributed by atoms with Gasteiger partial charge in [0.05, 0.1) is 6.04 Å². The molecule has 3 N–H and O–H groups in total. The summed E-state index contributed by atoms with van der Waals surface area (Å²) in [6, 6.07) is 9.19. The van der Waals surface area contributed by atoms with Gasteiger partial charge in [-0.15, -0.1) is 11.3 Å². The molecule has 1 atom stereocenters. The van der Waals surface area contributed by atoms with Gasteiger partial charge in [-0.05, 0) is 18.4 Å². The molecule has 0 radical (unpaired) electrons. The molecule has 1 amide bonds. The fourth-order valence-corrected chi connectivity index (χ4v) is 2.44. The van der Waals surface area contributed by atoms with Gasteiger partial charge in [0.25, 0.3) is 0 Å². The number of hydrogen-bond donors (Lipinski definition) is 2. The topological polar surface area (TPSA) is 68.0 Å². The average Bonchev–Trinajstić information content (AvgIpc) is 2.87. The van der Waals surface area contributed by atoms with Crippen LogP contribution >= 0.6 is 11.3 Å². The molecule has 0 saturated heterocycles. The molecule has 0 spiro atoms. The Morgan fingerprint density at radius 3 is 2.79 bits per heavy atom. The summed E-state index contributed by atoms with van der Waals surface area (Å²) >= 11 is 1.49. The van der Waals surface area contributed by atoms with Crippen LogP contribution in [0.4, 0.5) is 5.13 Å². The molecule has 0 bridgehead atoms. The number of aryl methyl sites for hydroxylation is 1. The largest absolute Gasteiger partial charge is 0.320 e. The van der Waals surface area contributed by atoms with E-state index in [0.717, 1.165) is 16.9 Å². The first-order chi connectivity index (χ1) is 9.19. The number of hydrogen-bond acceptors (Lipinski definition) is 4. The lowest BCUT2D eigenvalue weighted by Gasteiger charge is -2.10. The second-order valence-electron chi connectivity index (χ2n) is 4.27. The predicted molar refractivity (Wildman–Crippen MR) is 78.2 cm³/mol. The van der Waals surface area contributed by atoms with Crippen LogP contribution in [0.2, 0.25) is 0 Å². The molecule has 0 saturated carbocycles. The van der Waals surface area contributed by atoms with Crippen LogP contribution in [-0.2, 0) is 17.6 Å². The number of nitrogens with two attached hydrogens (primary N) is 1. The van der Waals surface area contributed by atoms with E-state index in [1.165, 1.54) is 11.3 Å². The lowest BCUT2D eigenvalue weighted by molar-refractivity contribution is -0.117. The number of nitrogens with one attached hydrogen (secondary N) is 1. The molecule has 0 aliphatic rings. The molecule has 4 nitrogen and oxygen atoms in total. The summed E-state index contributed by atoms with van der Waals surface area (Å²) in [5.41, 5.74) is 6.96. The number of amides is 1. The number of carbonyl (C=O) groups excluding carboxylic acids is 1. The van der Waals surface area contributed by atoms with E-state index in [4.69, 9.17) is 5.73 Å². The molecule has 0 aliphatic carbocycles. The molecular weight excluding hydrogens is 258 g/mol. The minimum absolute atomic E-state index is 0.194. The Kier molecular flexibility index (Phi) is 4.65. The van der Waals surface area contributed by atoms with E-state index in [1.54, 1.807) is 6.20 Å². The maximum absolute atomic E-state index is 11.9. The van der Waals surface area contributed by atoms with Crippen LogP contribution in [0.5, 0.6) is 0 Å². The Balaban J connectivity index is 1.92. The highest BCUT2D eigenvalue weighted by Crippen LogP contribution is 2.18. The maximum atomic E-state index is 11.9. The van der Waals surface area contributed by atoms with Crippen molar-refractivity contribution in [3.05, 3.63) is 47.0 Å². The summed E-state index contributed by atoms with van der Waals surface area (Å²) in [6.45, 7) is 2.06. The van der Waals surface area contributed by atoms with Gasteiger partial charge in [-0.25, -0.2) is 4.98 Å². The van der Waals surface area contributed by atoms with E-state index in [1.807, 2.05) is 30.3 Å². The third kappa shape index (κ3) is 3.87. The van der Waals surface area contributed by atoms with Gasteiger partial charge in [0.15, 0.2) is 5.13 Å². The zero-order valence-corrected chi connectivity index (χ0v) is 11.6. The molecule has 2 aromatic rings. The number of aromatic nitrogens is 1. The van der Waals surface area contributed by atoms with Crippen molar-refractivity contribution in [1.82, 2.24) is 4.98 Å². The van der Waals surface area contributed by atoms with E-state index in [9.17, 15) is 4.79 Å². The van der Waals surface area contributed by atoms with Crippen molar-refractivity contribution >= 4 is 22.4 Å². The normalized spacial score (nSPS) is 12.1. The Morgan fingerprint density at radius 1 is 1.42 bits per heavy atom. The van der Waals surface area contributed by atoms with Crippen LogP contribution in [0.1, 0.15) is 17.4 Å². The number of nitrogens with zero attached hydrogens (tertiary/aromatic N) is 1. The molecule has 19 heavy (non-hydrogen) atoms. The van der Waals surface area contributed by atoms with Crippen molar-refractivity contribution in [3.63, 3.8) is 0 Å². The van der Waals surface area contributed by atoms with E-state index < -0.39 is 6.04 Å². The zero-order chi connectivity index (χ0) is 13.7. The van der Waals surface area contributed by atoms with E-state index in [0.29, 0.717) is 11.6 Å². The second-order valence-corrected chi connectivity index (χ2v) is 5.39. The molecule has 1 aromatic carbocycles. The van der Waals surface area contributed by atoms with Gasteiger partial charge in [-0.2, -0.15) is 0 Å². The summed E-state index contributed by atoms with van der Waals surface area (Å²) in [4.78, 5) is 17.2. The summed E-state index contributed by atoms with van der Waals surface area (Å²) < 4.78 is 0. The average molecular weight is 275 g/mol. The van der Waals surface area contributed by atoms with Gasteiger partial charge in [-0.3, -0.25) is 4.79 Å². The van der Waals surface area contributed by atoms with Gasteiger partial charge in [0.2, 0.25) is 5.91 Å². The molecule has 0 aliphatic heterocycles. The van der Waals surface area contributed by atoms with Crippen molar-refractivity contribution < 1.29 is 4.79 Å². The number of benzene rings is 1. The lowest BCUT2D eigenvalue weighted by atomic mass is 10.1. The SMILES string of the molecule is CCc1cnc(NC(=O)[C@@H](N)Cc2ccccc2)s1. The van der Waals surface area contributed by atoms with Crippen LogP contribution in [0.3, 0.4) is 0 Å². The van der Waals surface area contributed by atoms with E-state index in [2.05, 4.69) is 17.2 Å². The van der Waals surface area contributed by atoms with Gasteiger partial charge >= 0.3 is 0 Å². The van der Waals surface area contributed by atoms with Gasteiger partial charge in [0.1, 0.15) is 0 Å². The van der Waals surface area contributed by atoms with Crippen molar-refractivity contribution in [2.75, 3.05) is 5.32 Å². The molecule has 5 heteroatoms. The summed E-state index contributed by atoms with van der Waals surface area (Å²) in [7, 11) is 0. The first-order valence-electron chi connectivity index (χ1n) is 6.24. The van der Waals surface area contributed by atoms with Crippen LogP contribution in [0, 0.1) is 0 Å². The number of thiazole rings is 1. The fourth-order valence-electron chi connectivity index (χ4n) is 1.69. The highest BCUT2D eigenvalue weighted by molar-refractivity contribution is 7.15. The lowest BCUT2D eigenvalue weighted by Crippen LogP contribution is -2.37. The van der Waals surface area contributed by atoms with Gasteiger partial charge in [0, 0.05) is 11.1 Å². The van der Waals surface area contributed by atoms with Crippen LogP contribution in [0.15, 0.2) is 36.5 Å². The molecule has 0 fully saturated rings. The minimum atomic E-state index is -0.559. The third-order valence-electron chi connectivity index (χ3n) is 2.77. The number of anilines is 1. The van der Waals surface area contributed by atoms with Gasteiger partial charge in [-0.1, -0.05) is 37.3 Å². The van der Waals surface area contributed by atoms with Crippen LogP contribution in [0.25, 0.3) is 0 Å². The maximum Gasteiger partial charge on any atom is 0.243 e. The van der Waals surface area contributed by atoms with E-state index in [-0.39, 0.29) is 5.91 Å². The minimum Gasteiger partial charge on any atom is -0.320 e. The van der Waals surface area contributed by atoms with Crippen molar-refractivity contribution in [2.24, 2.45) is 5.73 Å². The molecule has 1 aromatic heterocycles. The Bertz CT molecular complexity index is 539. The first-order valence-corrected chi connectivity index (χ1v) is 7.05. The molecular formula is C14H17N3OS. The van der Waals surface area contributed by atoms with Crippen molar-refractivity contribution in [1.29, 1.82) is 0 Å². The highest BCUT2D eigenvalue weighted by Gasteiger charge is 2.15. The summed E-state index contributed by atoms with van der Waals surface area (Å²) in [6.07, 6.45) is 3.23. The molecule has 1 heterocycles. The zero-order valence-electron chi connectivity index (χ0n) is 10.8. The van der Waals surface area contributed by atoms with Gasteiger partial charge < -0.3 is 11.1 Å². The Labute approximate surface area is 116 Å². The molecule has 100 valence electrons. The monoisotopic (exact) mass is 275 g/mol. The van der Waals surface area contributed by atoms with Crippen LogP contribution < -0.4 is 11.1 Å². The Hall–Kier alpha value is -1.72. The predicted octanol–water partition coefficient (Wildman–Crippen LogP) is 2.21. The highest BCUT2D eigenvalue weighted by atomic mass is 32.1. The van der Waals surface area contributed by atoms with Crippen molar-refractivity contribution in [2.45, 2.75) is 25.8 Å².